The molecule has 0 aliphatic heterocycles. The fourth-order valence-electron chi connectivity index (χ4n) is 1.08. The van der Waals surface area contributed by atoms with Gasteiger partial charge in [-0.1, -0.05) is 17.7 Å². The number of benzene rings is 1. The molecule has 0 amide bonds. The van der Waals surface area contributed by atoms with Gasteiger partial charge in [-0.15, -0.1) is 0 Å². The number of phenolic OH excluding ortho intramolecular Hbond substituents is 1. The van der Waals surface area contributed by atoms with E-state index in [1.54, 1.807) is 18.3 Å². The van der Waals surface area contributed by atoms with Crippen molar-refractivity contribution in [2.24, 2.45) is 0 Å². The third kappa shape index (κ3) is 1.10. The van der Waals surface area contributed by atoms with E-state index in [1.165, 1.54) is 0 Å². The van der Waals surface area contributed by atoms with Crippen molar-refractivity contribution in [3.63, 3.8) is 0 Å². The summed E-state index contributed by atoms with van der Waals surface area (Å²) >= 11 is 5.70. The molecule has 0 radical (unpaired) electrons. The first-order chi connectivity index (χ1) is 5.77. The van der Waals surface area contributed by atoms with Crippen molar-refractivity contribution < 1.29 is 5.11 Å². The Morgan fingerprint density at radius 2 is 2.17 bits per heavy atom. The monoisotopic (exact) mass is 179 g/mol. The standard InChI is InChI=1S/C9H6ClNO/c10-7-5-8-6(4-9(7)12)2-1-3-11-8/h1-5,12H. The minimum absolute atomic E-state index is 0.0946. The van der Waals surface area contributed by atoms with Gasteiger partial charge in [-0.3, -0.25) is 4.98 Å². The Bertz CT molecular complexity index is 387. The SMILES string of the molecule is Oc1cc2cccnc2cc1Cl. The van der Waals surface area contributed by atoms with Gasteiger partial charge in [-0.05, 0) is 18.2 Å². The van der Waals surface area contributed by atoms with Gasteiger partial charge in [0.15, 0.2) is 0 Å². The first kappa shape index (κ1) is 7.37. The van der Waals surface area contributed by atoms with Crippen LogP contribution < -0.4 is 0 Å². The fraction of sp³-hybridized carbons (Fsp3) is 0. The largest absolute Gasteiger partial charge is 0.506 e. The average molecular weight is 180 g/mol. The summed E-state index contributed by atoms with van der Waals surface area (Å²) in [7, 11) is 0. The third-order valence-electron chi connectivity index (χ3n) is 1.67. The summed E-state index contributed by atoms with van der Waals surface area (Å²) in [6.07, 6.45) is 1.69. The molecular weight excluding hydrogens is 174 g/mol. The minimum atomic E-state index is 0.0946. The van der Waals surface area contributed by atoms with E-state index in [2.05, 4.69) is 4.98 Å². The lowest BCUT2D eigenvalue weighted by molar-refractivity contribution is 0.476. The number of rotatable bonds is 0. The number of hydrogen-bond donors (Lipinski definition) is 1. The highest BCUT2D eigenvalue weighted by molar-refractivity contribution is 6.32. The van der Waals surface area contributed by atoms with Gasteiger partial charge >= 0.3 is 0 Å². The lowest BCUT2D eigenvalue weighted by Crippen LogP contribution is -1.77. The van der Waals surface area contributed by atoms with E-state index in [0.29, 0.717) is 5.02 Å². The zero-order valence-corrected chi connectivity index (χ0v) is 6.92. The Hall–Kier alpha value is -1.28. The highest BCUT2D eigenvalue weighted by Gasteiger charge is 2.00. The van der Waals surface area contributed by atoms with Crippen LogP contribution in [0.2, 0.25) is 5.02 Å². The summed E-state index contributed by atoms with van der Waals surface area (Å²) in [4.78, 5) is 4.09. The maximum atomic E-state index is 9.26. The number of hydrogen-bond acceptors (Lipinski definition) is 2. The molecule has 0 atom stereocenters. The van der Waals surface area contributed by atoms with Gasteiger partial charge in [0.1, 0.15) is 5.75 Å². The van der Waals surface area contributed by atoms with Crippen LogP contribution in [0.5, 0.6) is 5.75 Å². The maximum absolute atomic E-state index is 9.26. The van der Waals surface area contributed by atoms with Gasteiger partial charge < -0.3 is 5.11 Å². The van der Waals surface area contributed by atoms with Crippen molar-refractivity contribution in [3.05, 3.63) is 35.5 Å². The summed E-state index contributed by atoms with van der Waals surface area (Å²) in [5.41, 5.74) is 0.792. The molecule has 2 rings (SSSR count). The van der Waals surface area contributed by atoms with E-state index in [4.69, 9.17) is 11.6 Å². The molecule has 0 aliphatic rings. The van der Waals surface area contributed by atoms with Crippen molar-refractivity contribution in [3.8, 4) is 5.75 Å². The molecule has 0 fully saturated rings. The van der Waals surface area contributed by atoms with Gasteiger partial charge in [0.25, 0.3) is 0 Å². The first-order valence-electron chi connectivity index (χ1n) is 3.50. The molecule has 0 aliphatic carbocycles. The van der Waals surface area contributed by atoms with Gasteiger partial charge in [0, 0.05) is 11.6 Å². The zero-order valence-electron chi connectivity index (χ0n) is 6.16. The van der Waals surface area contributed by atoms with E-state index < -0.39 is 0 Å². The van der Waals surface area contributed by atoms with Crippen molar-refractivity contribution in [2.45, 2.75) is 0 Å². The Morgan fingerprint density at radius 3 is 3.00 bits per heavy atom. The van der Waals surface area contributed by atoms with E-state index in [-0.39, 0.29) is 5.75 Å². The van der Waals surface area contributed by atoms with Crippen LogP contribution in [0.3, 0.4) is 0 Å². The van der Waals surface area contributed by atoms with Gasteiger partial charge in [-0.2, -0.15) is 0 Å². The van der Waals surface area contributed by atoms with Crippen molar-refractivity contribution in [1.82, 2.24) is 4.98 Å². The van der Waals surface area contributed by atoms with E-state index in [9.17, 15) is 5.11 Å². The quantitative estimate of drug-likeness (QED) is 0.675. The van der Waals surface area contributed by atoms with E-state index in [0.717, 1.165) is 10.9 Å². The van der Waals surface area contributed by atoms with Crippen molar-refractivity contribution >= 4 is 22.5 Å². The molecule has 0 unspecified atom stereocenters. The zero-order chi connectivity index (χ0) is 8.55. The lowest BCUT2D eigenvalue weighted by atomic mass is 10.2. The van der Waals surface area contributed by atoms with E-state index in [1.807, 2.05) is 12.1 Å². The molecule has 2 aromatic rings. The Morgan fingerprint density at radius 1 is 1.33 bits per heavy atom. The molecule has 0 saturated heterocycles. The first-order valence-corrected chi connectivity index (χ1v) is 3.88. The number of nitrogens with zero attached hydrogens (tertiary/aromatic N) is 1. The number of phenols is 1. The second-order valence-corrected chi connectivity index (χ2v) is 2.91. The Kier molecular flexibility index (Phi) is 1.62. The molecule has 60 valence electrons. The van der Waals surface area contributed by atoms with E-state index >= 15 is 0 Å². The highest BCUT2D eigenvalue weighted by atomic mass is 35.5. The van der Waals surface area contributed by atoms with Crippen LogP contribution in [0.25, 0.3) is 10.9 Å². The Labute approximate surface area is 74.4 Å². The summed E-state index contributed by atoms with van der Waals surface area (Å²) in [6.45, 7) is 0. The molecule has 12 heavy (non-hydrogen) atoms. The number of aromatic nitrogens is 1. The smallest absolute Gasteiger partial charge is 0.134 e. The fourth-order valence-corrected chi connectivity index (χ4v) is 1.24. The normalized spacial score (nSPS) is 10.4. The summed E-state index contributed by atoms with van der Waals surface area (Å²) in [6, 6.07) is 6.94. The Balaban J connectivity index is 2.84. The van der Waals surface area contributed by atoms with Crippen LogP contribution in [-0.2, 0) is 0 Å². The molecule has 1 heterocycles. The average Bonchev–Trinajstić information content (AvgIpc) is 2.07. The summed E-state index contributed by atoms with van der Waals surface area (Å²) < 4.78 is 0. The number of fused-ring (bicyclic) bond motifs is 1. The van der Waals surface area contributed by atoms with Crippen LogP contribution in [0, 0.1) is 0 Å². The van der Waals surface area contributed by atoms with Crippen LogP contribution in [0.15, 0.2) is 30.5 Å². The molecule has 0 saturated carbocycles. The van der Waals surface area contributed by atoms with Gasteiger partial charge in [-0.25, -0.2) is 0 Å². The number of pyridine rings is 1. The van der Waals surface area contributed by atoms with Crippen molar-refractivity contribution in [2.75, 3.05) is 0 Å². The second-order valence-electron chi connectivity index (χ2n) is 2.50. The van der Waals surface area contributed by atoms with Gasteiger partial charge in [0.2, 0.25) is 0 Å². The predicted octanol–water partition coefficient (Wildman–Crippen LogP) is 2.59. The second kappa shape index (κ2) is 2.64. The maximum Gasteiger partial charge on any atom is 0.134 e. The summed E-state index contributed by atoms with van der Waals surface area (Å²) in [5, 5.41) is 10.5. The van der Waals surface area contributed by atoms with Gasteiger partial charge in [0.05, 0.1) is 10.5 Å². The molecule has 2 nitrogen and oxygen atoms in total. The molecule has 3 heteroatoms. The van der Waals surface area contributed by atoms with Crippen molar-refractivity contribution in [1.29, 1.82) is 0 Å². The predicted molar refractivity (Wildman–Crippen MR) is 48.4 cm³/mol. The topological polar surface area (TPSA) is 33.1 Å². The molecule has 1 N–H and O–H groups in total. The van der Waals surface area contributed by atoms with Crippen LogP contribution in [0.4, 0.5) is 0 Å². The lowest BCUT2D eigenvalue weighted by Gasteiger charge is -1.98. The number of halogens is 1. The van der Waals surface area contributed by atoms with Crippen LogP contribution >= 0.6 is 11.6 Å². The molecule has 0 bridgehead atoms. The third-order valence-corrected chi connectivity index (χ3v) is 1.97. The molecule has 1 aromatic heterocycles. The molecular formula is C9H6ClNO. The minimum Gasteiger partial charge on any atom is -0.506 e. The number of aromatic hydroxyl groups is 1. The summed E-state index contributed by atoms with van der Waals surface area (Å²) in [5.74, 6) is 0.0946. The molecule has 0 spiro atoms. The highest BCUT2D eigenvalue weighted by Crippen LogP contribution is 2.27. The molecule has 1 aromatic carbocycles. The van der Waals surface area contributed by atoms with Crippen LogP contribution in [0.1, 0.15) is 0 Å². The van der Waals surface area contributed by atoms with Crippen LogP contribution in [-0.4, -0.2) is 10.1 Å².